The van der Waals surface area contributed by atoms with Crippen molar-refractivity contribution in [3.05, 3.63) is 0 Å². The zero-order valence-electron chi connectivity index (χ0n) is 6.39. The molecular weight excluding hydrogens is 132 g/mol. The fourth-order valence-electron chi connectivity index (χ4n) is 0.883. The lowest BCUT2D eigenvalue weighted by atomic mass is 10.2. The molecule has 58 valence electrons. The largest absolute Gasteiger partial charge is 0.277 e. The first-order valence-corrected chi connectivity index (χ1v) is 3.27. The van der Waals surface area contributed by atoms with Crippen LogP contribution in [0.25, 0.3) is 0 Å². The van der Waals surface area contributed by atoms with Gasteiger partial charge in [-0.2, -0.15) is 0 Å². The first-order valence-electron chi connectivity index (χ1n) is 3.27. The van der Waals surface area contributed by atoms with Crippen molar-refractivity contribution in [3.63, 3.8) is 0 Å². The third-order valence-corrected chi connectivity index (χ3v) is 1.36. The van der Waals surface area contributed by atoms with E-state index in [1.807, 2.05) is 13.8 Å². The molecule has 1 heterocycles. The third kappa shape index (κ3) is 1.46. The molecule has 0 aliphatic carbocycles. The summed E-state index contributed by atoms with van der Waals surface area (Å²) in [5, 5.41) is 2.97. The van der Waals surface area contributed by atoms with Gasteiger partial charge in [0.2, 0.25) is 0 Å². The summed E-state index contributed by atoms with van der Waals surface area (Å²) in [5.41, 5.74) is 1.87. The highest BCUT2D eigenvalue weighted by Gasteiger charge is 2.30. The number of hydrogen-bond donors (Lipinski definition) is 2. The van der Waals surface area contributed by atoms with Gasteiger partial charge in [0, 0.05) is 0 Å². The van der Waals surface area contributed by atoms with Crippen LogP contribution < -0.4 is 10.8 Å². The van der Waals surface area contributed by atoms with Crippen LogP contribution in [0.1, 0.15) is 20.8 Å². The minimum Gasteiger partial charge on any atom is -0.277 e. The van der Waals surface area contributed by atoms with Gasteiger partial charge in [-0.1, -0.05) is 0 Å². The number of rotatable bonds is 0. The molecule has 1 aliphatic heterocycles. The number of hydrogen-bond acceptors (Lipinski definition) is 3. The van der Waals surface area contributed by atoms with E-state index in [1.54, 1.807) is 6.92 Å². The van der Waals surface area contributed by atoms with Crippen molar-refractivity contribution >= 4 is 5.91 Å². The zero-order valence-corrected chi connectivity index (χ0v) is 6.39. The smallest absolute Gasteiger partial charge is 0.260 e. The Kier molecular flexibility index (Phi) is 1.66. The van der Waals surface area contributed by atoms with E-state index in [0.717, 1.165) is 0 Å². The summed E-state index contributed by atoms with van der Waals surface area (Å²) in [5.74, 6) is -0.126. The number of carbonyl (C=O) groups excluding carboxylic acids is 1. The van der Waals surface area contributed by atoms with Crippen LogP contribution in [0.4, 0.5) is 0 Å². The molecule has 0 aromatic carbocycles. The summed E-state index contributed by atoms with van der Waals surface area (Å²) >= 11 is 0. The molecule has 4 nitrogen and oxygen atoms in total. The number of nitrogens with one attached hydrogen (secondary N) is 2. The van der Waals surface area contributed by atoms with E-state index in [-0.39, 0.29) is 11.9 Å². The quantitative estimate of drug-likeness (QED) is 0.493. The zero-order chi connectivity index (χ0) is 7.78. The van der Waals surface area contributed by atoms with Gasteiger partial charge in [-0.05, 0) is 20.8 Å². The molecule has 0 spiro atoms. The summed E-state index contributed by atoms with van der Waals surface area (Å²) in [6, 6.07) is -0.177. The molecule has 1 aliphatic rings. The SMILES string of the molecule is C[C@@H]1NC(C)(C)ONC1=O. The second kappa shape index (κ2) is 2.21. The predicted molar refractivity (Wildman–Crippen MR) is 35.9 cm³/mol. The van der Waals surface area contributed by atoms with Crippen LogP contribution in [0.15, 0.2) is 0 Å². The highest BCUT2D eigenvalue weighted by atomic mass is 16.7. The van der Waals surface area contributed by atoms with Crippen LogP contribution >= 0.6 is 0 Å². The molecule has 2 N–H and O–H groups in total. The normalized spacial score (nSPS) is 31.5. The maximum atomic E-state index is 10.8. The van der Waals surface area contributed by atoms with Crippen LogP contribution in [0, 0.1) is 0 Å². The van der Waals surface area contributed by atoms with Crippen LogP contribution in [0.5, 0.6) is 0 Å². The van der Waals surface area contributed by atoms with Gasteiger partial charge in [0.05, 0.1) is 6.04 Å². The number of hydroxylamine groups is 1. The molecule has 0 aromatic heterocycles. The van der Waals surface area contributed by atoms with E-state index in [9.17, 15) is 4.79 Å². The maximum absolute atomic E-state index is 10.8. The summed E-state index contributed by atoms with van der Waals surface area (Å²) in [4.78, 5) is 15.7. The lowest BCUT2D eigenvalue weighted by molar-refractivity contribution is -0.172. The fourth-order valence-corrected chi connectivity index (χ4v) is 0.883. The standard InChI is InChI=1S/C6H12N2O2/c1-4-5(9)8-10-6(2,3)7-4/h4,7H,1-3H3,(H,8,9)/t4-/m0/s1. The lowest BCUT2D eigenvalue weighted by Crippen LogP contribution is -2.61. The summed E-state index contributed by atoms with van der Waals surface area (Å²) in [6.07, 6.45) is 0. The van der Waals surface area contributed by atoms with Crippen molar-refractivity contribution in [1.29, 1.82) is 0 Å². The van der Waals surface area contributed by atoms with Crippen molar-refractivity contribution in [2.75, 3.05) is 0 Å². The molecule has 1 fully saturated rings. The Morgan fingerprint density at radius 3 is 2.60 bits per heavy atom. The Balaban J connectivity index is 2.57. The fraction of sp³-hybridized carbons (Fsp3) is 0.833. The van der Waals surface area contributed by atoms with Crippen molar-refractivity contribution < 1.29 is 9.63 Å². The molecule has 0 saturated carbocycles. The molecular formula is C6H12N2O2. The van der Waals surface area contributed by atoms with Gasteiger partial charge in [-0.15, -0.1) is 0 Å². The predicted octanol–water partition coefficient (Wildman–Crippen LogP) is -0.238. The maximum Gasteiger partial charge on any atom is 0.260 e. The van der Waals surface area contributed by atoms with E-state index in [2.05, 4.69) is 10.8 Å². The number of carbonyl (C=O) groups is 1. The Morgan fingerprint density at radius 2 is 2.20 bits per heavy atom. The molecule has 0 radical (unpaired) electrons. The van der Waals surface area contributed by atoms with E-state index in [4.69, 9.17) is 4.84 Å². The highest BCUT2D eigenvalue weighted by Crippen LogP contribution is 2.07. The van der Waals surface area contributed by atoms with Crippen molar-refractivity contribution in [3.8, 4) is 0 Å². The summed E-state index contributed by atoms with van der Waals surface area (Å²) in [7, 11) is 0. The molecule has 0 bridgehead atoms. The van der Waals surface area contributed by atoms with Gasteiger partial charge in [0.15, 0.2) is 0 Å². The van der Waals surface area contributed by atoms with E-state index >= 15 is 0 Å². The highest BCUT2D eigenvalue weighted by molar-refractivity contribution is 5.80. The third-order valence-electron chi connectivity index (χ3n) is 1.36. The minimum atomic E-state index is -0.451. The molecule has 1 amide bonds. The van der Waals surface area contributed by atoms with Crippen molar-refractivity contribution in [2.45, 2.75) is 32.5 Å². The Labute approximate surface area is 59.9 Å². The molecule has 0 unspecified atom stereocenters. The van der Waals surface area contributed by atoms with Gasteiger partial charge < -0.3 is 0 Å². The van der Waals surface area contributed by atoms with Gasteiger partial charge in [0.25, 0.3) is 5.91 Å². The first-order chi connectivity index (χ1) is 4.51. The second-order valence-electron chi connectivity index (χ2n) is 2.94. The Bertz CT molecular complexity index is 156. The minimum absolute atomic E-state index is 0.126. The molecule has 1 atom stereocenters. The van der Waals surface area contributed by atoms with E-state index < -0.39 is 5.72 Å². The van der Waals surface area contributed by atoms with Gasteiger partial charge in [-0.3, -0.25) is 14.9 Å². The molecule has 10 heavy (non-hydrogen) atoms. The average molecular weight is 144 g/mol. The summed E-state index contributed by atoms with van der Waals surface area (Å²) in [6.45, 7) is 5.49. The van der Waals surface area contributed by atoms with Gasteiger partial charge in [-0.25, -0.2) is 5.48 Å². The molecule has 4 heteroatoms. The van der Waals surface area contributed by atoms with Gasteiger partial charge >= 0.3 is 0 Å². The Hall–Kier alpha value is -0.610. The van der Waals surface area contributed by atoms with Gasteiger partial charge in [0.1, 0.15) is 5.72 Å². The Morgan fingerprint density at radius 1 is 1.60 bits per heavy atom. The summed E-state index contributed by atoms with van der Waals surface area (Å²) < 4.78 is 0. The molecule has 1 rings (SSSR count). The molecule has 1 saturated heterocycles. The monoisotopic (exact) mass is 144 g/mol. The van der Waals surface area contributed by atoms with Crippen molar-refractivity contribution in [1.82, 2.24) is 10.8 Å². The van der Waals surface area contributed by atoms with Crippen LogP contribution in [0.3, 0.4) is 0 Å². The number of amides is 1. The molecule has 0 aromatic rings. The second-order valence-corrected chi connectivity index (χ2v) is 2.94. The van der Waals surface area contributed by atoms with E-state index in [0.29, 0.717) is 0 Å². The van der Waals surface area contributed by atoms with Crippen molar-refractivity contribution in [2.24, 2.45) is 0 Å². The van der Waals surface area contributed by atoms with Crippen LogP contribution in [-0.2, 0) is 9.63 Å². The van der Waals surface area contributed by atoms with E-state index in [1.165, 1.54) is 0 Å². The lowest BCUT2D eigenvalue weighted by Gasteiger charge is -2.34. The van der Waals surface area contributed by atoms with Crippen LogP contribution in [0.2, 0.25) is 0 Å². The average Bonchev–Trinajstić information content (AvgIpc) is 1.79. The van der Waals surface area contributed by atoms with Crippen LogP contribution in [-0.4, -0.2) is 17.7 Å². The first kappa shape index (κ1) is 7.50. The topological polar surface area (TPSA) is 50.4 Å².